The summed E-state index contributed by atoms with van der Waals surface area (Å²) in [6.07, 6.45) is 1.50. The van der Waals surface area contributed by atoms with Crippen LogP contribution in [0.4, 0.5) is 22.0 Å². The number of hydrogen-bond donors (Lipinski definition) is 0. The highest BCUT2D eigenvalue weighted by atomic mass is 19.2. The summed E-state index contributed by atoms with van der Waals surface area (Å²) in [5.74, 6) is -9.73. The zero-order chi connectivity index (χ0) is 25.9. The predicted octanol–water partition coefficient (Wildman–Crippen LogP) is 7.75. The fourth-order valence-electron chi connectivity index (χ4n) is 3.82. The number of aromatic nitrogens is 2. The molecule has 0 unspecified atom stereocenters. The van der Waals surface area contributed by atoms with E-state index >= 15 is 0 Å². The average Bonchev–Trinajstić information content (AvgIpc) is 2.95. The number of pyridine rings is 2. The summed E-state index contributed by atoms with van der Waals surface area (Å²) >= 11 is 0. The molecule has 0 amide bonds. The van der Waals surface area contributed by atoms with Gasteiger partial charge in [0.05, 0.1) is 22.6 Å². The number of nitrogens with zero attached hydrogens (tertiary/aromatic N) is 2. The Morgan fingerprint density at radius 3 is 1.89 bits per heavy atom. The van der Waals surface area contributed by atoms with E-state index in [2.05, 4.69) is 9.97 Å². The molecule has 5 aromatic rings. The molecular weight excluding hydrogens is 487 g/mol. The number of ether oxygens (including phenoxy) is 1. The van der Waals surface area contributed by atoms with Crippen LogP contribution in [-0.2, 0) is 6.61 Å². The van der Waals surface area contributed by atoms with Crippen molar-refractivity contribution >= 4 is 0 Å². The van der Waals surface area contributed by atoms with Gasteiger partial charge in [0.1, 0.15) is 12.4 Å². The summed E-state index contributed by atoms with van der Waals surface area (Å²) in [5.41, 5.74) is 0.607. The zero-order valence-corrected chi connectivity index (χ0v) is 19.1. The second kappa shape index (κ2) is 10.2. The molecule has 0 radical (unpaired) electrons. The summed E-state index contributed by atoms with van der Waals surface area (Å²) in [6.45, 7) is 0.330. The standard InChI is InChI=1S/C29H17F5N2O/c30-24-23(25(31)27(33)28(34)26(24)32)29-20(13-14-22(36-29)21-8-4-5-15-35-21)18-9-11-19(12-10-18)37-16-17-6-2-1-3-7-17/h1-15H,16H2. The molecule has 0 saturated carbocycles. The van der Waals surface area contributed by atoms with Gasteiger partial charge in [-0.05, 0) is 47.5 Å². The maximum Gasteiger partial charge on any atom is 0.200 e. The van der Waals surface area contributed by atoms with Gasteiger partial charge in [0.15, 0.2) is 23.3 Å². The highest BCUT2D eigenvalue weighted by molar-refractivity contribution is 5.83. The molecule has 0 saturated heterocycles. The van der Waals surface area contributed by atoms with Crippen LogP contribution in [0.25, 0.3) is 33.8 Å². The summed E-state index contributed by atoms with van der Waals surface area (Å²) in [6, 6.07) is 24.1. The van der Waals surface area contributed by atoms with E-state index in [4.69, 9.17) is 4.74 Å². The maximum atomic E-state index is 14.8. The van der Waals surface area contributed by atoms with E-state index in [0.717, 1.165) is 5.56 Å². The van der Waals surface area contributed by atoms with Crippen molar-refractivity contribution in [2.45, 2.75) is 6.61 Å². The maximum absolute atomic E-state index is 14.8. The molecule has 2 aromatic heterocycles. The highest BCUT2D eigenvalue weighted by Gasteiger charge is 2.29. The van der Waals surface area contributed by atoms with Gasteiger partial charge in [-0.2, -0.15) is 0 Å². The van der Waals surface area contributed by atoms with Crippen LogP contribution < -0.4 is 4.74 Å². The second-order valence-corrected chi connectivity index (χ2v) is 8.05. The normalized spacial score (nSPS) is 10.9. The van der Waals surface area contributed by atoms with Gasteiger partial charge in [0.2, 0.25) is 5.82 Å². The Hall–Kier alpha value is -4.59. The fraction of sp³-hybridized carbons (Fsp3) is 0.0345. The Morgan fingerprint density at radius 2 is 1.24 bits per heavy atom. The smallest absolute Gasteiger partial charge is 0.200 e. The lowest BCUT2D eigenvalue weighted by Gasteiger charge is -2.15. The van der Waals surface area contributed by atoms with E-state index in [9.17, 15) is 22.0 Å². The van der Waals surface area contributed by atoms with Crippen molar-refractivity contribution in [3.8, 4) is 39.5 Å². The highest BCUT2D eigenvalue weighted by Crippen LogP contribution is 2.38. The van der Waals surface area contributed by atoms with Crippen molar-refractivity contribution in [3.05, 3.63) is 126 Å². The van der Waals surface area contributed by atoms with Gasteiger partial charge < -0.3 is 4.74 Å². The Labute approximate surface area is 208 Å². The monoisotopic (exact) mass is 504 g/mol. The topological polar surface area (TPSA) is 35.0 Å². The van der Waals surface area contributed by atoms with E-state index in [1.807, 2.05) is 30.3 Å². The quantitative estimate of drug-likeness (QED) is 0.135. The van der Waals surface area contributed by atoms with Crippen molar-refractivity contribution in [2.75, 3.05) is 0 Å². The average molecular weight is 504 g/mol. The van der Waals surface area contributed by atoms with Crippen LogP contribution >= 0.6 is 0 Å². The molecule has 0 atom stereocenters. The van der Waals surface area contributed by atoms with Crippen LogP contribution in [0, 0.1) is 29.1 Å². The lowest BCUT2D eigenvalue weighted by molar-refractivity contribution is 0.306. The van der Waals surface area contributed by atoms with E-state index in [-0.39, 0.29) is 11.3 Å². The molecule has 2 heterocycles. The van der Waals surface area contributed by atoms with E-state index in [0.29, 0.717) is 23.6 Å². The van der Waals surface area contributed by atoms with Gasteiger partial charge in [-0.15, -0.1) is 0 Å². The zero-order valence-electron chi connectivity index (χ0n) is 19.1. The SMILES string of the molecule is Fc1c(F)c(F)c(-c2nc(-c3ccccn3)ccc2-c2ccc(OCc3ccccc3)cc2)c(F)c1F. The van der Waals surface area contributed by atoms with Gasteiger partial charge in [0, 0.05) is 11.8 Å². The number of rotatable bonds is 6. The van der Waals surface area contributed by atoms with Gasteiger partial charge in [-0.3, -0.25) is 4.98 Å². The third-order valence-corrected chi connectivity index (χ3v) is 5.68. The molecule has 184 valence electrons. The van der Waals surface area contributed by atoms with Crippen molar-refractivity contribution in [1.29, 1.82) is 0 Å². The first-order chi connectivity index (χ1) is 17.9. The minimum absolute atomic E-state index is 0.164. The largest absolute Gasteiger partial charge is 0.489 e. The van der Waals surface area contributed by atoms with Gasteiger partial charge >= 0.3 is 0 Å². The number of hydrogen-bond acceptors (Lipinski definition) is 3. The molecule has 5 rings (SSSR count). The van der Waals surface area contributed by atoms with E-state index < -0.39 is 40.3 Å². The summed E-state index contributed by atoms with van der Waals surface area (Å²) in [4.78, 5) is 8.45. The summed E-state index contributed by atoms with van der Waals surface area (Å²) < 4.78 is 77.4. The van der Waals surface area contributed by atoms with Crippen LogP contribution in [0.1, 0.15) is 5.56 Å². The Morgan fingerprint density at radius 1 is 0.595 bits per heavy atom. The Kier molecular flexibility index (Phi) is 6.64. The molecule has 0 spiro atoms. The molecule has 37 heavy (non-hydrogen) atoms. The summed E-state index contributed by atoms with van der Waals surface area (Å²) in [5, 5.41) is 0. The molecule has 0 aliphatic rings. The van der Waals surface area contributed by atoms with Gasteiger partial charge in [-0.1, -0.05) is 48.5 Å². The van der Waals surface area contributed by atoms with Crippen LogP contribution in [0.15, 0.2) is 91.1 Å². The first kappa shape index (κ1) is 24.1. The Balaban J connectivity index is 1.60. The fourth-order valence-corrected chi connectivity index (χ4v) is 3.82. The molecule has 0 bridgehead atoms. The van der Waals surface area contributed by atoms with E-state index in [1.54, 1.807) is 48.5 Å². The number of benzene rings is 3. The Bertz CT molecular complexity index is 1530. The third-order valence-electron chi connectivity index (χ3n) is 5.68. The first-order valence-electron chi connectivity index (χ1n) is 11.2. The van der Waals surface area contributed by atoms with Crippen molar-refractivity contribution in [2.24, 2.45) is 0 Å². The van der Waals surface area contributed by atoms with Crippen LogP contribution in [0.3, 0.4) is 0 Å². The number of halogens is 5. The molecule has 0 aliphatic heterocycles. The second-order valence-electron chi connectivity index (χ2n) is 8.05. The predicted molar refractivity (Wildman–Crippen MR) is 129 cm³/mol. The lowest BCUT2D eigenvalue weighted by Crippen LogP contribution is -2.06. The minimum atomic E-state index is -2.24. The van der Waals surface area contributed by atoms with Crippen molar-refractivity contribution < 1.29 is 26.7 Å². The molecule has 0 N–H and O–H groups in total. The molecular formula is C29H17F5N2O. The van der Waals surface area contributed by atoms with Crippen LogP contribution in [0.5, 0.6) is 5.75 Å². The van der Waals surface area contributed by atoms with E-state index in [1.165, 1.54) is 12.3 Å². The minimum Gasteiger partial charge on any atom is -0.489 e. The van der Waals surface area contributed by atoms with Gasteiger partial charge in [-0.25, -0.2) is 26.9 Å². The molecule has 3 nitrogen and oxygen atoms in total. The van der Waals surface area contributed by atoms with Crippen LogP contribution in [-0.4, -0.2) is 9.97 Å². The van der Waals surface area contributed by atoms with Gasteiger partial charge in [0.25, 0.3) is 0 Å². The molecule has 3 aromatic carbocycles. The van der Waals surface area contributed by atoms with Crippen molar-refractivity contribution in [1.82, 2.24) is 9.97 Å². The molecule has 0 fully saturated rings. The molecule has 8 heteroatoms. The molecule has 0 aliphatic carbocycles. The third kappa shape index (κ3) is 4.78. The first-order valence-corrected chi connectivity index (χ1v) is 11.2. The lowest BCUT2D eigenvalue weighted by atomic mass is 9.97. The van der Waals surface area contributed by atoms with Crippen molar-refractivity contribution in [3.63, 3.8) is 0 Å². The van der Waals surface area contributed by atoms with Crippen LogP contribution in [0.2, 0.25) is 0 Å². The summed E-state index contributed by atoms with van der Waals surface area (Å²) in [7, 11) is 0.